The lowest BCUT2D eigenvalue weighted by atomic mass is 9.88. The normalized spacial score (nSPS) is 13.9. The molecule has 0 spiro atoms. The highest BCUT2D eigenvalue weighted by Gasteiger charge is 2.33. The molecule has 3 rings (SSSR count). The van der Waals surface area contributed by atoms with Gasteiger partial charge in [-0.3, -0.25) is 0 Å². The van der Waals surface area contributed by atoms with Crippen LogP contribution in [0.5, 0.6) is 0 Å². The molecule has 0 amide bonds. The van der Waals surface area contributed by atoms with Crippen LogP contribution in [0.25, 0.3) is 0 Å². The summed E-state index contributed by atoms with van der Waals surface area (Å²) in [6, 6.07) is 6.53. The van der Waals surface area contributed by atoms with E-state index in [-0.39, 0.29) is 16.8 Å². The van der Waals surface area contributed by atoms with Crippen LogP contribution in [0, 0.1) is 19.7 Å². The van der Waals surface area contributed by atoms with Gasteiger partial charge in [-0.2, -0.15) is 9.94 Å². The van der Waals surface area contributed by atoms with E-state index in [1.165, 1.54) is 18.2 Å². The van der Waals surface area contributed by atoms with Crippen LogP contribution >= 0.6 is 11.6 Å². The van der Waals surface area contributed by atoms with Gasteiger partial charge in [0, 0.05) is 17.0 Å². The molecule has 0 aliphatic heterocycles. The van der Waals surface area contributed by atoms with Gasteiger partial charge in [0.05, 0.1) is 11.7 Å². The SMILES string of the molecule is Cc1ccc(F)c([C@@H](C)[C@H](NS(=O)(=O)c2ccc(Cl)cc2NC(C)C)c2nn[nH]n2)c1C. The number of halogens is 2. The Balaban J connectivity index is 2.07. The van der Waals surface area contributed by atoms with Gasteiger partial charge in [0.15, 0.2) is 5.82 Å². The fraction of sp³-hybridized carbons (Fsp3) is 0.381. The number of nitrogens with one attached hydrogen (secondary N) is 3. The number of tetrazole rings is 1. The summed E-state index contributed by atoms with van der Waals surface area (Å²) in [5.41, 5.74) is 2.37. The highest BCUT2D eigenvalue weighted by Crippen LogP contribution is 2.35. The van der Waals surface area contributed by atoms with Crippen molar-refractivity contribution in [3.63, 3.8) is 0 Å². The second kappa shape index (κ2) is 9.51. The third-order valence-electron chi connectivity index (χ3n) is 5.29. The second-order valence-electron chi connectivity index (χ2n) is 8.00. The molecule has 0 aliphatic carbocycles. The van der Waals surface area contributed by atoms with Crippen molar-refractivity contribution in [1.29, 1.82) is 0 Å². The lowest BCUT2D eigenvalue weighted by Crippen LogP contribution is -2.34. The summed E-state index contributed by atoms with van der Waals surface area (Å²) in [7, 11) is -4.08. The van der Waals surface area contributed by atoms with E-state index < -0.39 is 27.8 Å². The third-order valence-corrected chi connectivity index (χ3v) is 7.02. The second-order valence-corrected chi connectivity index (χ2v) is 10.1. The summed E-state index contributed by atoms with van der Waals surface area (Å²) in [5, 5.41) is 17.3. The van der Waals surface area contributed by atoms with Crippen molar-refractivity contribution in [1.82, 2.24) is 25.3 Å². The summed E-state index contributed by atoms with van der Waals surface area (Å²) in [4.78, 5) is 0.0118. The molecule has 3 aromatic rings. The molecule has 1 aromatic heterocycles. The average molecular weight is 481 g/mol. The molecule has 0 radical (unpaired) electrons. The van der Waals surface area contributed by atoms with Crippen LogP contribution in [0.2, 0.25) is 5.02 Å². The van der Waals surface area contributed by atoms with Crippen LogP contribution in [0.15, 0.2) is 35.2 Å². The first kappa shape index (κ1) is 24.1. The minimum absolute atomic E-state index is 0.0118. The fourth-order valence-electron chi connectivity index (χ4n) is 3.60. The number of anilines is 1. The third kappa shape index (κ3) is 5.08. The number of aromatic nitrogens is 4. The quantitative estimate of drug-likeness (QED) is 0.444. The molecule has 0 aliphatic rings. The van der Waals surface area contributed by atoms with Crippen LogP contribution in [0.1, 0.15) is 55.2 Å². The highest BCUT2D eigenvalue weighted by molar-refractivity contribution is 7.89. The van der Waals surface area contributed by atoms with Crippen LogP contribution < -0.4 is 10.0 Å². The van der Waals surface area contributed by atoms with Crippen LogP contribution in [0.4, 0.5) is 10.1 Å². The van der Waals surface area contributed by atoms with Gasteiger partial charge in [-0.25, -0.2) is 12.8 Å². The zero-order valence-electron chi connectivity index (χ0n) is 18.4. The van der Waals surface area contributed by atoms with Gasteiger partial charge in [-0.15, -0.1) is 10.2 Å². The Hall–Kier alpha value is -2.56. The molecule has 1 heterocycles. The summed E-state index contributed by atoms with van der Waals surface area (Å²) in [6.07, 6.45) is 0. The van der Waals surface area contributed by atoms with Crippen molar-refractivity contribution < 1.29 is 12.8 Å². The van der Waals surface area contributed by atoms with Crippen LogP contribution in [-0.4, -0.2) is 35.1 Å². The largest absolute Gasteiger partial charge is 0.382 e. The van der Waals surface area contributed by atoms with E-state index in [0.29, 0.717) is 16.3 Å². The summed E-state index contributed by atoms with van der Waals surface area (Å²) < 4.78 is 44.4. The Kier molecular flexibility index (Phi) is 7.16. The van der Waals surface area contributed by atoms with Gasteiger partial charge in [-0.05, 0) is 68.7 Å². The van der Waals surface area contributed by atoms with Crippen molar-refractivity contribution in [3.05, 3.63) is 63.7 Å². The summed E-state index contributed by atoms with van der Waals surface area (Å²) in [6.45, 7) is 9.17. The molecule has 11 heteroatoms. The Bertz CT molecular complexity index is 1200. The molecule has 0 saturated heterocycles. The Morgan fingerprint density at radius 2 is 1.84 bits per heavy atom. The number of aryl methyl sites for hydroxylation is 1. The average Bonchev–Trinajstić information content (AvgIpc) is 3.23. The topological polar surface area (TPSA) is 113 Å². The van der Waals surface area contributed by atoms with E-state index in [2.05, 4.69) is 30.7 Å². The Labute approximate surface area is 192 Å². The van der Waals surface area contributed by atoms with E-state index in [1.807, 2.05) is 20.8 Å². The number of aromatic amines is 1. The molecule has 0 saturated carbocycles. The molecule has 32 heavy (non-hydrogen) atoms. The molecule has 0 unspecified atom stereocenters. The van der Waals surface area contributed by atoms with Crippen molar-refractivity contribution in [3.8, 4) is 0 Å². The number of rotatable bonds is 8. The van der Waals surface area contributed by atoms with E-state index in [9.17, 15) is 12.8 Å². The molecule has 3 N–H and O–H groups in total. The number of hydrogen-bond donors (Lipinski definition) is 3. The molecule has 2 atom stereocenters. The van der Waals surface area contributed by atoms with Gasteiger partial charge in [0.2, 0.25) is 10.0 Å². The maximum atomic E-state index is 14.8. The van der Waals surface area contributed by atoms with Crippen molar-refractivity contribution in [2.45, 2.75) is 57.5 Å². The van der Waals surface area contributed by atoms with E-state index in [0.717, 1.165) is 11.1 Å². The molecular formula is C21H26ClFN6O2S. The molecule has 8 nitrogen and oxygen atoms in total. The smallest absolute Gasteiger partial charge is 0.243 e. The number of sulfonamides is 1. The molecule has 0 fully saturated rings. The van der Waals surface area contributed by atoms with Crippen molar-refractivity contribution in [2.24, 2.45) is 0 Å². The Morgan fingerprint density at radius 3 is 2.47 bits per heavy atom. The number of benzene rings is 2. The Morgan fingerprint density at radius 1 is 1.12 bits per heavy atom. The highest BCUT2D eigenvalue weighted by atomic mass is 35.5. The predicted octanol–water partition coefficient (Wildman–Crippen LogP) is 4.25. The van der Waals surface area contributed by atoms with Gasteiger partial charge in [-0.1, -0.05) is 29.8 Å². The maximum absolute atomic E-state index is 14.8. The lowest BCUT2D eigenvalue weighted by Gasteiger charge is -2.26. The van der Waals surface area contributed by atoms with Crippen LogP contribution in [-0.2, 0) is 10.0 Å². The number of nitrogens with zero attached hydrogens (tertiary/aromatic N) is 3. The zero-order valence-corrected chi connectivity index (χ0v) is 20.0. The van der Waals surface area contributed by atoms with Crippen molar-refractivity contribution in [2.75, 3.05) is 5.32 Å². The standard InChI is InChI=1S/C21H26ClFN6O2S/c1-11(2)24-17-10-15(22)7-9-18(17)32(30,31)27-20(21-25-28-29-26-21)14(5)19-13(4)12(3)6-8-16(19)23/h6-11,14,20,24,27H,1-5H3,(H,25,26,28,29)/t14-,20+/m1/s1. The number of H-pyrrole nitrogens is 1. The fourth-order valence-corrected chi connectivity index (χ4v) is 5.20. The predicted molar refractivity (Wildman–Crippen MR) is 122 cm³/mol. The zero-order chi connectivity index (χ0) is 23.6. The minimum Gasteiger partial charge on any atom is -0.382 e. The molecule has 0 bridgehead atoms. The molecule has 2 aromatic carbocycles. The monoisotopic (exact) mass is 480 g/mol. The van der Waals surface area contributed by atoms with Gasteiger partial charge < -0.3 is 5.32 Å². The number of hydrogen-bond acceptors (Lipinski definition) is 6. The first-order valence-corrected chi connectivity index (χ1v) is 11.9. The summed E-state index contributed by atoms with van der Waals surface area (Å²) >= 11 is 6.09. The lowest BCUT2D eigenvalue weighted by molar-refractivity contribution is 0.478. The van der Waals surface area contributed by atoms with Gasteiger partial charge in [0.25, 0.3) is 0 Å². The van der Waals surface area contributed by atoms with Gasteiger partial charge in [0.1, 0.15) is 10.7 Å². The minimum atomic E-state index is -4.08. The maximum Gasteiger partial charge on any atom is 0.243 e. The van der Waals surface area contributed by atoms with Crippen molar-refractivity contribution >= 4 is 27.3 Å². The van der Waals surface area contributed by atoms with E-state index in [4.69, 9.17) is 11.6 Å². The summed E-state index contributed by atoms with van der Waals surface area (Å²) in [5.74, 6) is -0.952. The van der Waals surface area contributed by atoms with Crippen LogP contribution in [0.3, 0.4) is 0 Å². The molecular weight excluding hydrogens is 455 g/mol. The first-order chi connectivity index (χ1) is 15.0. The first-order valence-electron chi connectivity index (χ1n) is 10.1. The molecule has 172 valence electrons. The van der Waals surface area contributed by atoms with E-state index in [1.54, 1.807) is 26.0 Å². The van der Waals surface area contributed by atoms with E-state index >= 15 is 0 Å². The van der Waals surface area contributed by atoms with Gasteiger partial charge >= 0.3 is 0 Å².